The molecule has 1 aromatic heterocycles. The summed E-state index contributed by atoms with van der Waals surface area (Å²) in [7, 11) is 0. The van der Waals surface area contributed by atoms with E-state index < -0.39 is 18.5 Å². The molecule has 2 amide bonds. The predicted octanol–water partition coefficient (Wildman–Crippen LogP) is 3.37. The van der Waals surface area contributed by atoms with Crippen molar-refractivity contribution in [3.8, 4) is 0 Å². The predicted molar refractivity (Wildman–Crippen MR) is 116 cm³/mol. The van der Waals surface area contributed by atoms with Crippen LogP contribution < -0.4 is 10.6 Å². The van der Waals surface area contributed by atoms with Crippen LogP contribution in [0.2, 0.25) is 0 Å². The summed E-state index contributed by atoms with van der Waals surface area (Å²) in [5.74, 6) is -0.634. The molecule has 2 aromatic carbocycles. The quantitative estimate of drug-likeness (QED) is 0.490. The number of nitrogens with one attached hydrogen (secondary N) is 2. The Morgan fingerprint density at radius 3 is 2.42 bits per heavy atom. The minimum Gasteiger partial charge on any atom is -0.469 e. The zero-order chi connectivity index (χ0) is 21.9. The normalized spacial score (nSPS) is 10.3. The molecular weight excluding hydrogens is 396 g/mol. The number of rotatable bonds is 10. The van der Waals surface area contributed by atoms with Crippen LogP contribution in [0.1, 0.15) is 28.1 Å². The van der Waals surface area contributed by atoms with Crippen molar-refractivity contribution in [2.45, 2.75) is 19.3 Å². The lowest BCUT2D eigenvalue weighted by Crippen LogP contribution is -2.28. The minimum absolute atomic E-state index is 0.112. The van der Waals surface area contributed by atoms with Crippen molar-refractivity contribution in [3.05, 3.63) is 89.9 Å². The van der Waals surface area contributed by atoms with Crippen LogP contribution in [0, 0.1) is 0 Å². The van der Waals surface area contributed by atoms with Gasteiger partial charge in [0.05, 0.1) is 23.9 Å². The van der Waals surface area contributed by atoms with E-state index in [1.165, 1.54) is 6.26 Å². The molecule has 0 atom stereocenters. The largest absolute Gasteiger partial charge is 0.469 e. The molecule has 0 aliphatic carbocycles. The topological polar surface area (TPSA) is 97.6 Å². The fraction of sp³-hybridized carbons (Fsp3) is 0.208. The number of hydrogen-bond donors (Lipinski definition) is 2. The SMILES string of the molecule is O=C(COC(=O)CCc1ccco1)Nc1ccccc1C(=O)NCCc1ccccc1. The number of carbonyl (C=O) groups is 3. The van der Waals surface area contributed by atoms with E-state index >= 15 is 0 Å². The molecule has 0 bridgehead atoms. The van der Waals surface area contributed by atoms with Crippen LogP contribution in [0.3, 0.4) is 0 Å². The summed E-state index contributed by atoms with van der Waals surface area (Å²) in [6, 6.07) is 20.0. The van der Waals surface area contributed by atoms with Crippen LogP contribution in [-0.2, 0) is 27.2 Å². The van der Waals surface area contributed by atoms with Crippen molar-refractivity contribution < 1.29 is 23.5 Å². The fourth-order valence-corrected chi connectivity index (χ4v) is 2.93. The molecule has 0 saturated heterocycles. The standard InChI is InChI=1S/C24H24N2O5/c27-22(17-31-23(28)13-12-19-9-6-16-30-19)26-21-11-5-4-10-20(21)24(29)25-15-14-18-7-2-1-3-8-18/h1-11,16H,12-15,17H2,(H,25,29)(H,26,27). The first-order chi connectivity index (χ1) is 15.1. The Balaban J connectivity index is 1.45. The van der Waals surface area contributed by atoms with Crippen LogP contribution in [0.5, 0.6) is 0 Å². The number of furan rings is 1. The number of anilines is 1. The second kappa shape index (κ2) is 11.3. The third kappa shape index (κ3) is 7.15. The third-order valence-corrected chi connectivity index (χ3v) is 4.51. The molecule has 0 aliphatic rings. The summed E-state index contributed by atoms with van der Waals surface area (Å²) in [5.41, 5.74) is 1.82. The Bertz CT molecular complexity index is 1000. The van der Waals surface area contributed by atoms with Crippen LogP contribution >= 0.6 is 0 Å². The molecule has 1 heterocycles. The number of amides is 2. The van der Waals surface area contributed by atoms with Gasteiger partial charge in [-0.15, -0.1) is 0 Å². The van der Waals surface area contributed by atoms with Gasteiger partial charge < -0.3 is 19.8 Å². The molecule has 160 valence electrons. The van der Waals surface area contributed by atoms with Crippen molar-refractivity contribution in [1.82, 2.24) is 5.32 Å². The van der Waals surface area contributed by atoms with Gasteiger partial charge in [-0.25, -0.2) is 0 Å². The molecule has 0 fully saturated rings. The highest BCUT2D eigenvalue weighted by atomic mass is 16.5. The van der Waals surface area contributed by atoms with Crippen molar-refractivity contribution in [3.63, 3.8) is 0 Å². The van der Waals surface area contributed by atoms with E-state index in [2.05, 4.69) is 10.6 Å². The van der Waals surface area contributed by atoms with Crippen LogP contribution in [-0.4, -0.2) is 30.9 Å². The number of ether oxygens (including phenoxy) is 1. The van der Waals surface area contributed by atoms with E-state index in [0.717, 1.165) is 5.56 Å². The zero-order valence-corrected chi connectivity index (χ0v) is 17.0. The fourth-order valence-electron chi connectivity index (χ4n) is 2.93. The molecule has 3 aromatic rings. The first-order valence-corrected chi connectivity index (χ1v) is 10.0. The van der Waals surface area contributed by atoms with E-state index in [9.17, 15) is 14.4 Å². The molecule has 7 heteroatoms. The molecule has 0 saturated carbocycles. The number of benzene rings is 2. The first-order valence-electron chi connectivity index (χ1n) is 10.0. The van der Waals surface area contributed by atoms with Gasteiger partial charge in [0.1, 0.15) is 5.76 Å². The van der Waals surface area contributed by atoms with Gasteiger partial charge in [-0.2, -0.15) is 0 Å². The van der Waals surface area contributed by atoms with Gasteiger partial charge in [0.15, 0.2) is 6.61 Å². The lowest BCUT2D eigenvalue weighted by molar-refractivity contribution is -0.147. The van der Waals surface area contributed by atoms with E-state index in [1.54, 1.807) is 36.4 Å². The lowest BCUT2D eigenvalue weighted by atomic mass is 10.1. The van der Waals surface area contributed by atoms with Gasteiger partial charge in [-0.3, -0.25) is 14.4 Å². The smallest absolute Gasteiger partial charge is 0.306 e. The average molecular weight is 420 g/mol. The Hall–Kier alpha value is -3.87. The van der Waals surface area contributed by atoms with Crippen LogP contribution in [0.25, 0.3) is 0 Å². The first kappa shape index (κ1) is 21.8. The number of carbonyl (C=O) groups excluding carboxylic acids is 3. The average Bonchev–Trinajstić information content (AvgIpc) is 3.31. The summed E-state index contributed by atoms with van der Waals surface area (Å²) >= 11 is 0. The molecule has 0 unspecified atom stereocenters. The lowest BCUT2D eigenvalue weighted by Gasteiger charge is -2.12. The zero-order valence-electron chi connectivity index (χ0n) is 17.0. The highest BCUT2D eigenvalue weighted by molar-refractivity contribution is 6.04. The van der Waals surface area contributed by atoms with Gasteiger partial charge in [0.2, 0.25) is 0 Å². The number of aryl methyl sites for hydroxylation is 1. The van der Waals surface area contributed by atoms with E-state index in [4.69, 9.17) is 9.15 Å². The molecule has 0 aliphatic heterocycles. The second-order valence-corrected chi connectivity index (χ2v) is 6.83. The minimum atomic E-state index is -0.518. The van der Waals surface area contributed by atoms with Crippen molar-refractivity contribution in [1.29, 1.82) is 0 Å². The number of para-hydroxylation sites is 1. The summed E-state index contributed by atoms with van der Waals surface area (Å²) < 4.78 is 10.1. The summed E-state index contributed by atoms with van der Waals surface area (Å²) in [6.07, 6.45) is 2.75. The molecule has 0 spiro atoms. The number of esters is 1. The highest BCUT2D eigenvalue weighted by Gasteiger charge is 2.14. The molecule has 2 N–H and O–H groups in total. The van der Waals surface area contributed by atoms with Crippen molar-refractivity contribution >= 4 is 23.5 Å². The Morgan fingerprint density at radius 1 is 0.871 bits per heavy atom. The second-order valence-electron chi connectivity index (χ2n) is 6.83. The van der Waals surface area contributed by atoms with E-state index in [0.29, 0.717) is 36.4 Å². The van der Waals surface area contributed by atoms with Gasteiger partial charge in [-0.05, 0) is 36.2 Å². The van der Waals surface area contributed by atoms with Gasteiger partial charge in [-0.1, -0.05) is 42.5 Å². The highest BCUT2D eigenvalue weighted by Crippen LogP contribution is 2.15. The Kier molecular flexibility index (Phi) is 7.99. The van der Waals surface area contributed by atoms with Gasteiger partial charge in [0, 0.05) is 13.0 Å². The molecular formula is C24H24N2O5. The Labute approximate surface area is 180 Å². The van der Waals surface area contributed by atoms with Gasteiger partial charge in [0.25, 0.3) is 11.8 Å². The molecule has 7 nitrogen and oxygen atoms in total. The third-order valence-electron chi connectivity index (χ3n) is 4.51. The molecule has 0 radical (unpaired) electrons. The summed E-state index contributed by atoms with van der Waals surface area (Å²) in [4.78, 5) is 36.5. The molecule has 3 rings (SSSR count). The maximum atomic E-state index is 12.5. The molecule has 31 heavy (non-hydrogen) atoms. The van der Waals surface area contributed by atoms with Crippen molar-refractivity contribution in [2.75, 3.05) is 18.5 Å². The summed E-state index contributed by atoms with van der Waals surface area (Å²) in [5, 5.41) is 5.49. The van der Waals surface area contributed by atoms with E-state index in [-0.39, 0.29) is 12.3 Å². The monoisotopic (exact) mass is 420 g/mol. The van der Waals surface area contributed by atoms with Crippen molar-refractivity contribution in [2.24, 2.45) is 0 Å². The van der Waals surface area contributed by atoms with E-state index in [1.807, 2.05) is 30.3 Å². The van der Waals surface area contributed by atoms with Gasteiger partial charge >= 0.3 is 5.97 Å². The van der Waals surface area contributed by atoms with Crippen LogP contribution in [0.15, 0.2) is 77.4 Å². The maximum Gasteiger partial charge on any atom is 0.306 e. The Morgan fingerprint density at radius 2 is 1.65 bits per heavy atom. The number of hydrogen-bond acceptors (Lipinski definition) is 5. The van der Waals surface area contributed by atoms with Crippen LogP contribution in [0.4, 0.5) is 5.69 Å². The summed E-state index contributed by atoms with van der Waals surface area (Å²) in [6.45, 7) is 0.0410. The maximum absolute atomic E-state index is 12.5.